The second kappa shape index (κ2) is 5.42. The summed E-state index contributed by atoms with van der Waals surface area (Å²) < 4.78 is 26.5. The third-order valence-corrected chi connectivity index (χ3v) is 2.83. The average molecular weight is 310 g/mol. The summed E-state index contributed by atoms with van der Waals surface area (Å²) in [6.07, 6.45) is -0.399. The van der Waals surface area contributed by atoms with Gasteiger partial charge >= 0.3 is 5.97 Å². The number of nitrogens with two attached hydrogens (primary N) is 1. The second-order valence-electron chi connectivity index (χ2n) is 3.46. The van der Waals surface area contributed by atoms with Crippen molar-refractivity contribution in [2.75, 3.05) is 0 Å². The predicted octanol–water partition coefficient (Wildman–Crippen LogP) is 2.30. The van der Waals surface area contributed by atoms with E-state index in [9.17, 15) is 18.7 Å². The van der Waals surface area contributed by atoms with Crippen molar-refractivity contribution >= 4 is 21.9 Å². The highest BCUT2D eigenvalue weighted by Crippen LogP contribution is 2.36. The van der Waals surface area contributed by atoms with Gasteiger partial charge in [-0.25, -0.2) is 8.78 Å². The third-order valence-electron chi connectivity index (χ3n) is 2.22. The van der Waals surface area contributed by atoms with Crippen molar-refractivity contribution in [1.29, 1.82) is 0 Å². The average Bonchev–Trinajstić information content (AvgIpc) is 2.24. The summed E-state index contributed by atoms with van der Waals surface area (Å²) in [5, 5.41) is 18.0. The Labute approximate surface area is 104 Å². The van der Waals surface area contributed by atoms with Crippen LogP contribution in [0.4, 0.5) is 8.78 Å². The summed E-state index contributed by atoms with van der Waals surface area (Å²) in [6, 6.07) is -0.309. The number of aliphatic carboxylic acids is 1. The van der Waals surface area contributed by atoms with Gasteiger partial charge in [-0.15, -0.1) is 0 Å². The number of phenolic OH excluding ortho intramolecular Hbond substituents is 1. The van der Waals surface area contributed by atoms with E-state index in [1.807, 2.05) is 0 Å². The lowest BCUT2D eigenvalue weighted by Gasteiger charge is -2.15. The number of hydrogen-bond donors (Lipinski definition) is 3. The topological polar surface area (TPSA) is 83.6 Å². The molecule has 0 aliphatic rings. The van der Waals surface area contributed by atoms with Crippen LogP contribution in [0.5, 0.6) is 5.75 Å². The SMILES string of the molecule is NC(CCC(=O)O)c1c(O)c(Br)cc(F)c1F. The Balaban J connectivity index is 3.07. The molecular formula is C10H10BrF2NO3. The Morgan fingerprint density at radius 1 is 1.53 bits per heavy atom. The van der Waals surface area contributed by atoms with Crippen LogP contribution in [0.1, 0.15) is 24.4 Å². The zero-order valence-electron chi connectivity index (χ0n) is 8.58. The molecule has 1 rings (SSSR count). The number of carbonyl (C=O) groups is 1. The smallest absolute Gasteiger partial charge is 0.303 e. The van der Waals surface area contributed by atoms with Gasteiger partial charge in [-0.3, -0.25) is 4.79 Å². The van der Waals surface area contributed by atoms with E-state index in [0.717, 1.165) is 6.07 Å². The minimum absolute atomic E-state index is 0.0304. The van der Waals surface area contributed by atoms with Gasteiger partial charge < -0.3 is 15.9 Å². The number of hydrogen-bond acceptors (Lipinski definition) is 3. The van der Waals surface area contributed by atoms with Gasteiger partial charge in [-0.05, 0) is 28.4 Å². The first-order chi connectivity index (χ1) is 7.84. The highest BCUT2D eigenvalue weighted by molar-refractivity contribution is 9.10. The van der Waals surface area contributed by atoms with Gasteiger partial charge in [0.1, 0.15) is 5.75 Å². The Morgan fingerprint density at radius 2 is 2.12 bits per heavy atom. The van der Waals surface area contributed by atoms with Crippen LogP contribution in [0, 0.1) is 11.6 Å². The Bertz CT molecular complexity index is 427. The normalized spacial score (nSPS) is 12.5. The van der Waals surface area contributed by atoms with E-state index in [1.165, 1.54) is 0 Å². The standard InChI is InChI=1S/C10H10BrF2NO3/c11-4-3-5(12)9(13)8(10(4)17)6(14)1-2-7(15)16/h3,6,17H,1-2,14H2,(H,15,16). The highest BCUT2D eigenvalue weighted by Gasteiger charge is 2.22. The number of benzene rings is 1. The molecule has 0 radical (unpaired) electrons. The first kappa shape index (κ1) is 13.9. The molecule has 17 heavy (non-hydrogen) atoms. The molecule has 4 N–H and O–H groups in total. The first-order valence-electron chi connectivity index (χ1n) is 4.68. The zero-order chi connectivity index (χ0) is 13.2. The van der Waals surface area contributed by atoms with Crippen molar-refractivity contribution < 1.29 is 23.8 Å². The van der Waals surface area contributed by atoms with Crippen molar-refractivity contribution in [3.05, 3.63) is 27.7 Å². The predicted molar refractivity (Wildman–Crippen MR) is 59.5 cm³/mol. The Morgan fingerprint density at radius 3 is 2.65 bits per heavy atom. The van der Waals surface area contributed by atoms with E-state index in [2.05, 4.69) is 15.9 Å². The molecule has 1 aromatic rings. The summed E-state index contributed by atoms with van der Waals surface area (Å²) in [7, 11) is 0. The number of rotatable bonds is 4. The van der Waals surface area contributed by atoms with Gasteiger partial charge in [0.25, 0.3) is 0 Å². The van der Waals surface area contributed by atoms with Gasteiger partial charge in [0.15, 0.2) is 11.6 Å². The summed E-state index contributed by atoms with van der Waals surface area (Å²) in [5.41, 5.74) is 5.11. The minimum atomic E-state index is -1.26. The maximum atomic E-state index is 13.4. The fourth-order valence-corrected chi connectivity index (χ4v) is 1.78. The lowest BCUT2D eigenvalue weighted by Crippen LogP contribution is -2.15. The van der Waals surface area contributed by atoms with Crippen molar-refractivity contribution in [2.45, 2.75) is 18.9 Å². The minimum Gasteiger partial charge on any atom is -0.506 e. The summed E-state index contributed by atoms with van der Waals surface area (Å²) in [4.78, 5) is 10.3. The molecular weight excluding hydrogens is 300 g/mol. The molecule has 94 valence electrons. The second-order valence-corrected chi connectivity index (χ2v) is 4.31. The van der Waals surface area contributed by atoms with E-state index in [4.69, 9.17) is 10.8 Å². The number of aromatic hydroxyl groups is 1. The van der Waals surface area contributed by atoms with E-state index < -0.39 is 35.0 Å². The number of carboxylic acids is 1. The fourth-order valence-electron chi connectivity index (χ4n) is 1.37. The van der Waals surface area contributed by atoms with Crippen LogP contribution in [0.2, 0.25) is 0 Å². The molecule has 0 spiro atoms. The van der Waals surface area contributed by atoms with Crippen LogP contribution in [0.25, 0.3) is 0 Å². The lowest BCUT2D eigenvalue weighted by molar-refractivity contribution is -0.137. The lowest BCUT2D eigenvalue weighted by atomic mass is 10.0. The molecule has 7 heteroatoms. The molecule has 4 nitrogen and oxygen atoms in total. The van der Waals surface area contributed by atoms with Gasteiger partial charge in [0.05, 0.1) is 10.0 Å². The fraction of sp³-hybridized carbons (Fsp3) is 0.300. The molecule has 1 unspecified atom stereocenters. The van der Waals surface area contributed by atoms with Gasteiger partial charge in [0, 0.05) is 12.5 Å². The molecule has 0 saturated heterocycles. The maximum absolute atomic E-state index is 13.4. The summed E-state index contributed by atoms with van der Waals surface area (Å²) >= 11 is 2.85. The number of carboxylic acid groups (broad SMARTS) is 1. The molecule has 0 amide bonds. The molecule has 1 atom stereocenters. The van der Waals surface area contributed by atoms with Crippen LogP contribution in [-0.4, -0.2) is 16.2 Å². The van der Waals surface area contributed by atoms with E-state index in [0.29, 0.717) is 0 Å². The molecule has 1 aromatic carbocycles. The van der Waals surface area contributed by atoms with Crippen LogP contribution in [0.15, 0.2) is 10.5 Å². The number of halogens is 3. The summed E-state index contributed by atoms with van der Waals surface area (Å²) in [5.74, 6) is -4.03. The molecule has 0 fully saturated rings. The van der Waals surface area contributed by atoms with E-state index in [-0.39, 0.29) is 17.3 Å². The zero-order valence-corrected chi connectivity index (χ0v) is 10.2. The van der Waals surface area contributed by atoms with E-state index >= 15 is 0 Å². The molecule has 0 bridgehead atoms. The monoisotopic (exact) mass is 309 g/mol. The maximum Gasteiger partial charge on any atom is 0.303 e. The van der Waals surface area contributed by atoms with Gasteiger partial charge in [-0.2, -0.15) is 0 Å². The van der Waals surface area contributed by atoms with Gasteiger partial charge in [0.2, 0.25) is 0 Å². The molecule has 0 aliphatic carbocycles. The number of phenols is 1. The summed E-state index contributed by atoms with van der Waals surface area (Å²) in [6.45, 7) is 0. The Hall–Kier alpha value is -1.21. The molecule has 0 aliphatic heterocycles. The van der Waals surface area contributed by atoms with Crippen molar-refractivity contribution in [1.82, 2.24) is 0 Å². The highest BCUT2D eigenvalue weighted by atomic mass is 79.9. The van der Waals surface area contributed by atoms with Crippen molar-refractivity contribution in [3.63, 3.8) is 0 Å². The van der Waals surface area contributed by atoms with Gasteiger partial charge in [-0.1, -0.05) is 0 Å². The van der Waals surface area contributed by atoms with Crippen LogP contribution < -0.4 is 5.73 Å². The third kappa shape index (κ3) is 3.13. The Kier molecular flexibility index (Phi) is 4.41. The first-order valence-corrected chi connectivity index (χ1v) is 5.47. The van der Waals surface area contributed by atoms with Crippen molar-refractivity contribution in [3.8, 4) is 5.75 Å². The molecule has 0 heterocycles. The van der Waals surface area contributed by atoms with E-state index in [1.54, 1.807) is 0 Å². The van der Waals surface area contributed by atoms with Crippen LogP contribution >= 0.6 is 15.9 Å². The quantitative estimate of drug-likeness (QED) is 0.745. The molecule has 0 aromatic heterocycles. The van der Waals surface area contributed by atoms with Crippen molar-refractivity contribution in [2.24, 2.45) is 5.73 Å². The largest absolute Gasteiger partial charge is 0.506 e. The van der Waals surface area contributed by atoms with Crippen LogP contribution in [0.3, 0.4) is 0 Å². The van der Waals surface area contributed by atoms with Crippen LogP contribution in [-0.2, 0) is 4.79 Å². The molecule has 0 saturated carbocycles.